The average Bonchev–Trinajstić information content (AvgIpc) is 2.74. The molecule has 1 saturated heterocycles. The minimum Gasteiger partial charge on any atom is -0.376 e. The highest BCUT2D eigenvalue weighted by Crippen LogP contribution is 2.42. The van der Waals surface area contributed by atoms with Crippen LogP contribution in [0.2, 0.25) is 0 Å². The molecule has 0 radical (unpaired) electrons. The molecule has 3 rings (SSSR count). The number of hydrogen-bond acceptors (Lipinski definition) is 3. The zero-order chi connectivity index (χ0) is 22.4. The van der Waals surface area contributed by atoms with Crippen LogP contribution in [0.4, 0.5) is 13.2 Å². The fourth-order valence-corrected chi connectivity index (χ4v) is 5.10. The minimum absolute atomic E-state index is 0.0242. The van der Waals surface area contributed by atoms with Crippen molar-refractivity contribution in [3.8, 4) is 0 Å². The maximum Gasteiger partial charge on any atom is 0.266 e. The monoisotopic (exact) mass is 440 g/mol. The summed E-state index contributed by atoms with van der Waals surface area (Å²) >= 11 is 0. The van der Waals surface area contributed by atoms with Crippen LogP contribution in [0, 0.1) is 11.7 Å². The molecule has 1 aliphatic carbocycles. The second-order valence-corrected chi connectivity index (χ2v) is 9.22. The van der Waals surface area contributed by atoms with Crippen LogP contribution in [0.3, 0.4) is 0 Å². The van der Waals surface area contributed by atoms with Gasteiger partial charge in [-0.05, 0) is 69.3 Å². The van der Waals surface area contributed by atoms with Crippen molar-refractivity contribution in [1.29, 1.82) is 0 Å². The molecule has 2 atom stereocenters. The predicted octanol–water partition coefficient (Wildman–Crippen LogP) is 6.88. The van der Waals surface area contributed by atoms with E-state index in [0.717, 1.165) is 38.5 Å². The standard InChI is InChI=1S/C25H35F3O3/c1-3-4-20-10-11-21(15-31-20)30-14-19-9-12-22(23(24(19)26)25(27)28)18-7-5-17(6-8-18)13-16(2)29/h9,12,17-18,20-21,25H,3-8,10-11,13-15H2,1-2H3. The van der Waals surface area contributed by atoms with Gasteiger partial charge >= 0.3 is 0 Å². The Bertz CT molecular complexity index is 721. The molecule has 1 aromatic carbocycles. The lowest BCUT2D eigenvalue weighted by atomic mass is 9.76. The van der Waals surface area contributed by atoms with Crippen molar-refractivity contribution >= 4 is 5.78 Å². The third-order valence-electron chi connectivity index (χ3n) is 6.79. The highest BCUT2D eigenvalue weighted by molar-refractivity contribution is 5.75. The molecule has 1 aliphatic heterocycles. The van der Waals surface area contributed by atoms with Gasteiger partial charge in [0.15, 0.2) is 0 Å². The Kier molecular flexibility index (Phi) is 8.96. The van der Waals surface area contributed by atoms with Gasteiger partial charge in [-0.3, -0.25) is 0 Å². The molecular weight excluding hydrogens is 405 g/mol. The summed E-state index contributed by atoms with van der Waals surface area (Å²) in [5.41, 5.74) is 0.125. The van der Waals surface area contributed by atoms with E-state index in [9.17, 15) is 13.6 Å². The molecule has 3 nitrogen and oxygen atoms in total. The van der Waals surface area contributed by atoms with E-state index in [4.69, 9.17) is 9.47 Å². The van der Waals surface area contributed by atoms with Crippen LogP contribution >= 0.6 is 0 Å². The Hall–Kier alpha value is -1.40. The molecule has 0 amide bonds. The van der Waals surface area contributed by atoms with Crippen molar-refractivity contribution in [2.75, 3.05) is 6.61 Å². The highest BCUT2D eigenvalue weighted by atomic mass is 19.3. The zero-order valence-corrected chi connectivity index (χ0v) is 18.7. The lowest BCUT2D eigenvalue weighted by Crippen LogP contribution is -2.31. The van der Waals surface area contributed by atoms with Crippen molar-refractivity contribution in [2.24, 2.45) is 5.92 Å². The van der Waals surface area contributed by atoms with Crippen molar-refractivity contribution in [3.05, 3.63) is 34.6 Å². The first-order valence-corrected chi connectivity index (χ1v) is 11.7. The first-order valence-electron chi connectivity index (χ1n) is 11.7. The molecule has 2 unspecified atom stereocenters. The smallest absolute Gasteiger partial charge is 0.266 e. The van der Waals surface area contributed by atoms with Gasteiger partial charge in [0.25, 0.3) is 6.43 Å². The van der Waals surface area contributed by atoms with Crippen LogP contribution in [0.5, 0.6) is 0 Å². The number of ketones is 1. The number of Topliss-reactive ketones (excluding diaryl/α,β-unsaturated/α-hetero) is 1. The maximum absolute atomic E-state index is 15.1. The van der Waals surface area contributed by atoms with Gasteiger partial charge in [0.05, 0.1) is 31.0 Å². The van der Waals surface area contributed by atoms with Gasteiger partial charge in [-0.1, -0.05) is 25.5 Å². The number of alkyl halides is 2. The first-order chi connectivity index (χ1) is 14.9. The molecule has 0 aromatic heterocycles. The number of hydrogen-bond donors (Lipinski definition) is 0. The molecule has 1 heterocycles. The van der Waals surface area contributed by atoms with Crippen LogP contribution in [0.1, 0.15) is 101 Å². The molecule has 0 bridgehead atoms. The molecular formula is C25H35F3O3. The van der Waals surface area contributed by atoms with Crippen molar-refractivity contribution in [1.82, 2.24) is 0 Å². The molecule has 2 aliphatic rings. The normalized spacial score (nSPS) is 26.9. The van der Waals surface area contributed by atoms with E-state index in [1.807, 2.05) is 0 Å². The van der Waals surface area contributed by atoms with E-state index in [-0.39, 0.29) is 36.1 Å². The third kappa shape index (κ3) is 6.55. The van der Waals surface area contributed by atoms with Crippen LogP contribution < -0.4 is 0 Å². The zero-order valence-electron chi connectivity index (χ0n) is 18.7. The third-order valence-corrected chi connectivity index (χ3v) is 6.79. The van der Waals surface area contributed by atoms with Gasteiger partial charge in [-0.25, -0.2) is 13.2 Å². The summed E-state index contributed by atoms with van der Waals surface area (Å²) in [6.07, 6.45) is 4.73. The second kappa shape index (κ2) is 11.5. The molecule has 0 spiro atoms. The molecule has 6 heteroatoms. The predicted molar refractivity (Wildman–Crippen MR) is 114 cm³/mol. The summed E-state index contributed by atoms with van der Waals surface area (Å²) in [7, 11) is 0. The maximum atomic E-state index is 15.1. The molecule has 31 heavy (non-hydrogen) atoms. The van der Waals surface area contributed by atoms with E-state index in [2.05, 4.69) is 6.92 Å². The summed E-state index contributed by atoms with van der Waals surface area (Å²) in [5.74, 6) is -0.440. The van der Waals surface area contributed by atoms with Gasteiger partial charge < -0.3 is 14.3 Å². The Morgan fingerprint density at radius 1 is 1.16 bits per heavy atom. The molecule has 1 aromatic rings. The number of carbonyl (C=O) groups excluding carboxylic acids is 1. The summed E-state index contributed by atoms with van der Waals surface area (Å²) in [6.45, 7) is 4.15. The molecule has 0 N–H and O–H groups in total. The van der Waals surface area contributed by atoms with Crippen LogP contribution in [0.15, 0.2) is 12.1 Å². The van der Waals surface area contributed by atoms with Crippen LogP contribution in [0.25, 0.3) is 0 Å². The van der Waals surface area contributed by atoms with Gasteiger partial charge in [0.2, 0.25) is 0 Å². The van der Waals surface area contributed by atoms with Crippen molar-refractivity contribution < 1.29 is 27.4 Å². The van der Waals surface area contributed by atoms with Crippen LogP contribution in [-0.2, 0) is 20.9 Å². The SMILES string of the molecule is CCCC1CCC(OCc2ccc(C3CCC(CC(C)=O)CC3)c(C(F)F)c2F)CO1. The number of rotatable bonds is 9. The minimum atomic E-state index is -2.86. The number of benzene rings is 1. The van der Waals surface area contributed by atoms with Crippen LogP contribution in [-0.4, -0.2) is 24.6 Å². The van der Waals surface area contributed by atoms with Gasteiger partial charge in [-0.15, -0.1) is 0 Å². The summed E-state index contributed by atoms with van der Waals surface area (Å²) in [5, 5.41) is 0. The fourth-order valence-electron chi connectivity index (χ4n) is 5.10. The number of ether oxygens (including phenoxy) is 2. The average molecular weight is 441 g/mol. The lowest BCUT2D eigenvalue weighted by Gasteiger charge is -2.30. The van der Waals surface area contributed by atoms with Crippen molar-refractivity contribution in [3.63, 3.8) is 0 Å². The first kappa shape index (κ1) is 24.2. The molecule has 174 valence electrons. The quantitative estimate of drug-likeness (QED) is 0.420. The Morgan fingerprint density at radius 2 is 1.90 bits per heavy atom. The van der Waals surface area contributed by atoms with E-state index in [0.29, 0.717) is 37.4 Å². The van der Waals surface area contributed by atoms with Gasteiger partial charge in [0.1, 0.15) is 11.6 Å². The van der Waals surface area contributed by atoms with E-state index < -0.39 is 17.8 Å². The largest absolute Gasteiger partial charge is 0.376 e. The molecule has 1 saturated carbocycles. The molecule has 2 fully saturated rings. The number of halogens is 3. The highest BCUT2D eigenvalue weighted by Gasteiger charge is 2.30. The summed E-state index contributed by atoms with van der Waals surface area (Å²) in [6, 6.07) is 3.26. The summed E-state index contributed by atoms with van der Waals surface area (Å²) < 4.78 is 54.3. The fraction of sp³-hybridized carbons (Fsp3) is 0.720. The van der Waals surface area contributed by atoms with Gasteiger partial charge in [0, 0.05) is 12.0 Å². The van der Waals surface area contributed by atoms with Crippen molar-refractivity contribution in [2.45, 2.75) is 103 Å². The van der Waals surface area contributed by atoms with Gasteiger partial charge in [-0.2, -0.15) is 0 Å². The Balaban J connectivity index is 1.62. The van der Waals surface area contributed by atoms with E-state index in [1.165, 1.54) is 0 Å². The van der Waals surface area contributed by atoms with E-state index >= 15 is 4.39 Å². The Morgan fingerprint density at radius 3 is 2.48 bits per heavy atom. The lowest BCUT2D eigenvalue weighted by molar-refractivity contribution is -0.118. The number of carbonyl (C=O) groups is 1. The topological polar surface area (TPSA) is 35.5 Å². The second-order valence-electron chi connectivity index (χ2n) is 9.22. The Labute approximate surface area is 183 Å². The van der Waals surface area contributed by atoms with E-state index in [1.54, 1.807) is 19.1 Å². The summed E-state index contributed by atoms with van der Waals surface area (Å²) in [4.78, 5) is 11.3.